The van der Waals surface area contributed by atoms with E-state index in [1.54, 1.807) is 0 Å². The molecule has 7 atom stereocenters. The van der Waals surface area contributed by atoms with Gasteiger partial charge < -0.3 is 15.3 Å². The van der Waals surface area contributed by atoms with Crippen molar-refractivity contribution in [3.8, 4) is 0 Å². The summed E-state index contributed by atoms with van der Waals surface area (Å²) in [6, 6.07) is 0. The van der Waals surface area contributed by atoms with Crippen LogP contribution in [-0.4, -0.2) is 38.6 Å². The van der Waals surface area contributed by atoms with Crippen molar-refractivity contribution < 1.29 is 15.3 Å². The zero-order valence-corrected chi connectivity index (χ0v) is 25.8. The number of nitrogens with zero attached hydrogens (tertiary/aromatic N) is 1. The first-order valence-corrected chi connectivity index (χ1v) is 16.8. The molecule has 0 aliphatic heterocycles. The van der Waals surface area contributed by atoms with Crippen molar-refractivity contribution in [1.29, 1.82) is 0 Å². The summed E-state index contributed by atoms with van der Waals surface area (Å²) in [5.74, 6) is 1.60. The van der Waals surface area contributed by atoms with Gasteiger partial charge in [0.15, 0.2) is 0 Å². The van der Waals surface area contributed by atoms with Gasteiger partial charge in [-0.3, -0.25) is 0 Å². The van der Waals surface area contributed by atoms with Gasteiger partial charge in [-0.05, 0) is 98.5 Å². The predicted molar refractivity (Wildman–Crippen MR) is 165 cm³/mol. The molecule has 1 heterocycles. The number of unbranched alkanes of at least 4 members (excludes halogenated alkanes) is 2. The Labute approximate surface area is 246 Å². The minimum Gasteiger partial charge on any atom is -0.393 e. The molecule has 1 aromatic rings. The fraction of sp³-hybridized carbons (Fsp3) is 0.686. The maximum absolute atomic E-state index is 11.3. The lowest BCUT2D eigenvalue weighted by Gasteiger charge is -2.44. The van der Waals surface area contributed by atoms with Crippen LogP contribution in [0.25, 0.3) is 0 Å². The Morgan fingerprint density at radius 1 is 1.15 bits per heavy atom. The zero-order valence-electron chi connectivity index (χ0n) is 24.9. The van der Waals surface area contributed by atoms with Gasteiger partial charge in [0, 0.05) is 17.5 Å². The molecule has 4 aliphatic carbocycles. The summed E-state index contributed by atoms with van der Waals surface area (Å²) in [5.41, 5.74) is 3.39. The molecule has 4 nitrogen and oxygen atoms in total. The number of hydrogen-bond donors (Lipinski definition) is 3. The quantitative estimate of drug-likeness (QED) is 0.202. The second-order valence-corrected chi connectivity index (χ2v) is 14.7. The lowest BCUT2D eigenvalue weighted by molar-refractivity contribution is 0.0862. The molecular formula is C35H51NO3S. The maximum Gasteiger partial charge on any atom is 0.102 e. The van der Waals surface area contributed by atoms with Gasteiger partial charge in [0.2, 0.25) is 0 Å². The number of allylic oxidation sites excluding steroid dienone is 4. The molecule has 4 aliphatic rings. The number of aliphatic hydroxyl groups excluding tert-OH is 3. The first-order chi connectivity index (χ1) is 19.2. The van der Waals surface area contributed by atoms with E-state index < -0.39 is 18.3 Å². The molecule has 0 radical (unpaired) electrons. The molecular weight excluding hydrogens is 514 g/mol. The molecule has 0 spiro atoms. The first kappa shape index (κ1) is 29.9. The third-order valence-electron chi connectivity index (χ3n) is 10.9. The Hall–Kier alpha value is -1.53. The summed E-state index contributed by atoms with van der Waals surface area (Å²) in [6.45, 7) is 11.2. The molecule has 4 fully saturated rings. The molecule has 4 saturated carbocycles. The number of aliphatic hydroxyl groups is 3. The SMILES string of the molecule is C=C1C(=CC=C2CCC[C@]3(C)[C@@H]([C@@H](C)C=C[C@H](O)C4(c5ncc(CCCCC)s5)CC4)CC[C@@H]23)C[C@@H](O)C[C@@H]1O. The fourth-order valence-electron chi connectivity index (χ4n) is 8.18. The second kappa shape index (κ2) is 12.4. The van der Waals surface area contributed by atoms with Gasteiger partial charge in [0.25, 0.3) is 0 Å². The average molecular weight is 566 g/mol. The van der Waals surface area contributed by atoms with E-state index in [4.69, 9.17) is 4.98 Å². The number of aromatic nitrogens is 1. The van der Waals surface area contributed by atoms with Crippen LogP contribution in [0.1, 0.15) is 108 Å². The van der Waals surface area contributed by atoms with Crippen LogP contribution < -0.4 is 0 Å². The zero-order chi connectivity index (χ0) is 28.5. The second-order valence-electron chi connectivity index (χ2n) is 13.6. The molecule has 0 unspecified atom stereocenters. The Morgan fingerprint density at radius 3 is 2.70 bits per heavy atom. The van der Waals surface area contributed by atoms with Gasteiger partial charge in [0.05, 0.1) is 23.7 Å². The van der Waals surface area contributed by atoms with Crippen molar-refractivity contribution in [3.05, 3.63) is 63.7 Å². The first-order valence-electron chi connectivity index (χ1n) is 15.9. The van der Waals surface area contributed by atoms with Crippen LogP contribution in [0.2, 0.25) is 0 Å². The van der Waals surface area contributed by atoms with Gasteiger partial charge in [0.1, 0.15) is 5.01 Å². The third kappa shape index (κ3) is 6.00. The summed E-state index contributed by atoms with van der Waals surface area (Å²) in [7, 11) is 0. The van der Waals surface area contributed by atoms with Crippen LogP contribution in [0, 0.1) is 23.2 Å². The Morgan fingerprint density at radius 2 is 1.95 bits per heavy atom. The van der Waals surface area contributed by atoms with Gasteiger partial charge in [-0.2, -0.15) is 0 Å². The van der Waals surface area contributed by atoms with Crippen molar-refractivity contribution in [1.82, 2.24) is 4.98 Å². The summed E-state index contributed by atoms with van der Waals surface area (Å²) in [4.78, 5) is 6.13. The lowest BCUT2D eigenvalue weighted by atomic mass is 9.61. The molecule has 5 rings (SSSR count). The lowest BCUT2D eigenvalue weighted by Crippen LogP contribution is -2.35. The van der Waals surface area contributed by atoms with Gasteiger partial charge in [-0.1, -0.05) is 70.1 Å². The molecule has 3 N–H and O–H groups in total. The highest BCUT2D eigenvalue weighted by molar-refractivity contribution is 7.11. The highest BCUT2D eigenvalue weighted by Crippen LogP contribution is 2.60. The number of thiazole rings is 1. The fourth-order valence-corrected chi connectivity index (χ4v) is 9.41. The van der Waals surface area contributed by atoms with E-state index in [0.717, 1.165) is 41.8 Å². The van der Waals surface area contributed by atoms with Crippen molar-refractivity contribution in [2.45, 2.75) is 128 Å². The van der Waals surface area contributed by atoms with Crippen LogP contribution >= 0.6 is 11.3 Å². The molecule has 0 aromatic carbocycles. The predicted octanol–water partition coefficient (Wildman–Crippen LogP) is 7.60. The van der Waals surface area contributed by atoms with Crippen molar-refractivity contribution in [2.75, 3.05) is 0 Å². The van der Waals surface area contributed by atoms with Crippen LogP contribution in [-0.2, 0) is 11.8 Å². The normalized spacial score (nSPS) is 35.4. The minimum atomic E-state index is -0.637. The largest absolute Gasteiger partial charge is 0.393 e. The van der Waals surface area contributed by atoms with E-state index in [0.29, 0.717) is 30.6 Å². The van der Waals surface area contributed by atoms with Crippen molar-refractivity contribution >= 4 is 11.3 Å². The van der Waals surface area contributed by atoms with Crippen molar-refractivity contribution in [3.63, 3.8) is 0 Å². The number of aryl methyl sites for hydroxylation is 1. The molecule has 0 saturated heterocycles. The summed E-state index contributed by atoms with van der Waals surface area (Å²) >= 11 is 1.82. The Bertz CT molecular complexity index is 1140. The smallest absolute Gasteiger partial charge is 0.102 e. The summed E-state index contributed by atoms with van der Waals surface area (Å²) in [6.07, 6.45) is 23.2. The highest BCUT2D eigenvalue weighted by Gasteiger charge is 2.53. The molecule has 40 heavy (non-hydrogen) atoms. The number of fused-ring (bicyclic) bond motifs is 1. The van der Waals surface area contributed by atoms with Crippen LogP contribution in [0.15, 0.2) is 53.8 Å². The molecule has 0 bridgehead atoms. The summed E-state index contributed by atoms with van der Waals surface area (Å²) < 4.78 is 0. The van der Waals surface area contributed by atoms with Gasteiger partial charge >= 0.3 is 0 Å². The van der Waals surface area contributed by atoms with E-state index in [1.165, 1.54) is 55.4 Å². The van der Waals surface area contributed by atoms with Gasteiger partial charge in [-0.25, -0.2) is 4.98 Å². The Balaban J connectivity index is 1.24. The highest BCUT2D eigenvalue weighted by atomic mass is 32.1. The van der Waals surface area contributed by atoms with E-state index >= 15 is 0 Å². The molecule has 0 amide bonds. The number of rotatable bonds is 10. The van der Waals surface area contributed by atoms with Crippen LogP contribution in [0.3, 0.4) is 0 Å². The standard InChI is InChI=1S/C35H51NO3S/c1-5-6-7-10-28-22-36-33(40-28)35(18-19-35)32(39)16-11-23(2)29-14-15-30-25(9-8-17-34(29,30)4)12-13-26-20-27(37)21-31(38)24(26)3/h11-13,16,22-23,27,29-32,37-39H,3,5-10,14-15,17-21H2,1-2,4H3/t23-,27+,29+,30-,31-,32-,34+/m0/s1. The van der Waals surface area contributed by atoms with E-state index in [9.17, 15) is 15.3 Å². The minimum absolute atomic E-state index is 0.162. The molecule has 220 valence electrons. The van der Waals surface area contributed by atoms with Crippen LogP contribution in [0.5, 0.6) is 0 Å². The van der Waals surface area contributed by atoms with E-state index in [1.807, 2.05) is 17.5 Å². The average Bonchev–Trinajstić information content (AvgIpc) is 3.46. The molecule has 1 aromatic heterocycles. The number of hydrogen-bond acceptors (Lipinski definition) is 5. The summed E-state index contributed by atoms with van der Waals surface area (Å²) in [5, 5.41) is 32.8. The van der Waals surface area contributed by atoms with E-state index in [2.05, 4.69) is 51.7 Å². The van der Waals surface area contributed by atoms with Crippen LogP contribution in [0.4, 0.5) is 0 Å². The van der Waals surface area contributed by atoms with Crippen molar-refractivity contribution in [2.24, 2.45) is 23.2 Å². The third-order valence-corrected chi connectivity index (χ3v) is 12.2. The maximum atomic E-state index is 11.3. The van der Waals surface area contributed by atoms with Gasteiger partial charge in [-0.15, -0.1) is 11.3 Å². The van der Waals surface area contributed by atoms with E-state index in [-0.39, 0.29) is 10.8 Å². The molecule has 5 heteroatoms. The topological polar surface area (TPSA) is 73.6 Å². The Kier molecular flexibility index (Phi) is 9.26. The monoisotopic (exact) mass is 565 g/mol.